The minimum Gasteiger partial charge on any atom is -0.234 e. The van der Waals surface area contributed by atoms with Crippen molar-refractivity contribution in [3.05, 3.63) is 0 Å². The highest BCUT2D eigenvalue weighted by Crippen LogP contribution is 2.31. The van der Waals surface area contributed by atoms with Crippen LogP contribution in [0.4, 0.5) is 0 Å². The van der Waals surface area contributed by atoms with Gasteiger partial charge in [-0.1, -0.05) is 54.4 Å². The van der Waals surface area contributed by atoms with Crippen molar-refractivity contribution >= 4 is 0 Å². The average molecular weight is 304 g/mol. The van der Waals surface area contributed by atoms with Gasteiger partial charge in [0.05, 0.1) is 13.2 Å². The number of hydrogen-bond acceptors (Lipinski definition) is 4. The minimum atomic E-state index is -0.465. The van der Waals surface area contributed by atoms with E-state index in [1.807, 2.05) is 0 Å². The van der Waals surface area contributed by atoms with E-state index < -0.39 is 6.29 Å². The Morgan fingerprint density at radius 1 is 0.810 bits per heavy atom. The minimum absolute atomic E-state index is 0.126. The molecule has 0 saturated heterocycles. The molecule has 0 spiro atoms. The normalized spacial score (nSPS) is 12.6. The van der Waals surface area contributed by atoms with Crippen molar-refractivity contribution in [2.24, 2.45) is 11.3 Å². The van der Waals surface area contributed by atoms with Gasteiger partial charge in [-0.2, -0.15) is 0 Å². The van der Waals surface area contributed by atoms with Crippen LogP contribution in [-0.2, 0) is 19.6 Å². The third kappa shape index (κ3) is 13.2. The molecule has 0 atom stereocenters. The van der Waals surface area contributed by atoms with Crippen LogP contribution in [0, 0.1) is 11.3 Å². The fourth-order valence-corrected chi connectivity index (χ4v) is 2.38. The first kappa shape index (κ1) is 20.8. The van der Waals surface area contributed by atoms with Crippen LogP contribution in [0.2, 0.25) is 0 Å². The fourth-order valence-electron chi connectivity index (χ4n) is 2.38. The molecule has 0 aromatic carbocycles. The molecular weight excluding hydrogens is 268 g/mol. The van der Waals surface area contributed by atoms with E-state index in [2.05, 4.69) is 41.5 Å². The van der Waals surface area contributed by atoms with Gasteiger partial charge < -0.3 is 0 Å². The van der Waals surface area contributed by atoms with Crippen LogP contribution < -0.4 is 0 Å². The lowest BCUT2D eigenvalue weighted by molar-refractivity contribution is -0.466. The molecule has 0 N–H and O–H groups in total. The molecule has 0 rings (SSSR count). The SMILES string of the molecule is CCCCOOC(CC(C)(C)CC(C)C)OOCCCC. The molecule has 0 radical (unpaired) electrons. The van der Waals surface area contributed by atoms with Crippen molar-refractivity contribution in [2.75, 3.05) is 13.2 Å². The lowest BCUT2D eigenvalue weighted by atomic mass is 9.81. The van der Waals surface area contributed by atoms with Gasteiger partial charge in [0.25, 0.3) is 0 Å². The Labute approximate surface area is 131 Å². The van der Waals surface area contributed by atoms with Crippen molar-refractivity contribution in [2.45, 2.75) is 86.4 Å². The van der Waals surface area contributed by atoms with Gasteiger partial charge in [0, 0.05) is 6.42 Å². The molecule has 4 nitrogen and oxygen atoms in total. The van der Waals surface area contributed by atoms with E-state index in [0.717, 1.165) is 38.5 Å². The van der Waals surface area contributed by atoms with Crippen LogP contribution in [0.5, 0.6) is 0 Å². The van der Waals surface area contributed by atoms with Crippen LogP contribution in [0.15, 0.2) is 0 Å². The molecule has 0 saturated carbocycles. The quantitative estimate of drug-likeness (QED) is 0.189. The Bertz CT molecular complexity index is 217. The first-order chi connectivity index (χ1) is 9.91. The zero-order chi connectivity index (χ0) is 16.1. The summed E-state index contributed by atoms with van der Waals surface area (Å²) in [5.74, 6) is 0.641. The van der Waals surface area contributed by atoms with E-state index in [4.69, 9.17) is 19.6 Å². The topological polar surface area (TPSA) is 36.9 Å². The Hall–Kier alpha value is -0.160. The second-order valence-electron chi connectivity index (χ2n) is 6.94. The molecule has 0 heterocycles. The van der Waals surface area contributed by atoms with Crippen molar-refractivity contribution in [3.8, 4) is 0 Å². The Kier molecular flexibility index (Phi) is 12.3. The molecule has 0 fully saturated rings. The van der Waals surface area contributed by atoms with Gasteiger partial charge >= 0.3 is 0 Å². The maximum Gasteiger partial charge on any atom is 0.224 e. The largest absolute Gasteiger partial charge is 0.234 e. The van der Waals surface area contributed by atoms with Gasteiger partial charge in [0.1, 0.15) is 0 Å². The summed E-state index contributed by atoms with van der Waals surface area (Å²) in [6.45, 7) is 14.3. The number of unbranched alkanes of at least 4 members (excludes halogenated alkanes) is 2. The summed E-state index contributed by atoms with van der Waals surface area (Å²) < 4.78 is 0. The summed E-state index contributed by atoms with van der Waals surface area (Å²) in [6.07, 6.45) is 5.54. The third-order valence-corrected chi connectivity index (χ3v) is 3.19. The van der Waals surface area contributed by atoms with Gasteiger partial charge in [0.2, 0.25) is 6.29 Å². The summed E-state index contributed by atoms with van der Waals surface area (Å²) in [5.41, 5.74) is 0.126. The molecular formula is C17H36O4. The Morgan fingerprint density at radius 3 is 1.67 bits per heavy atom. The molecule has 0 aromatic heterocycles. The Morgan fingerprint density at radius 2 is 1.29 bits per heavy atom. The third-order valence-electron chi connectivity index (χ3n) is 3.19. The first-order valence-corrected chi connectivity index (χ1v) is 8.47. The molecule has 0 aromatic rings. The molecule has 0 aliphatic carbocycles. The maximum absolute atomic E-state index is 5.39. The molecule has 0 bridgehead atoms. The molecule has 0 unspecified atom stereocenters. The summed E-state index contributed by atoms with van der Waals surface area (Å²) in [5, 5.41) is 0. The molecule has 0 aliphatic heterocycles. The van der Waals surface area contributed by atoms with Gasteiger partial charge in [-0.3, -0.25) is 0 Å². The summed E-state index contributed by atoms with van der Waals surface area (Å²) in [7, 11) is 0. The molecule has 0 aliphatic rings. The standard InChI is InChI=1S/C17H36O4/c1-7-9-11-18-20-16(21-19-12-10-8-2)14-17(5,6)13-15(3)4/h15-16H,7-14H2,1-6H3. The lowest BCUT2D eigenvalue weighted by Crippen LogP contribution is -2.27. The lowest BCUT2D eigenvalue weighted by Gasteiger charge is -2.29. The molecule has 21 heavy (non-hydrogen) atoms. The van der Waals surface area contributed by atoms with E-state index in [9.17, 15) is 0 Å². The highest BCUT2D eigenvalue weighted by atomic mass is 17.3. The van der Waals surface area contributed by atoms with Crippen molar-refractivity contribution < 1.29 is 19.6 Å². The van der Waals surface area contributed by atoms with Crippen LogP contribution in [0.25, 0.3) is 0 Å². The summed E-state index contributed by atoms with van der Waals surface area (Å²) in [6, 6.07) is 0. The monoisotopic (exact) mass is 304 g/mol. The first-order valence-electron chi connectivity index (χ1n) is 8.47. The van der Waals surface area contributed by atoms with E-state index in [-0.39, 0.29) is 5.41 Å². The highest BCUT2D eigenvalue weighted by molar-refractivity contribution is 4.71. The predicted octanol–water partition coefficient (Wildman–Crippen LogP) is 5.27. The van der Waals surface area contributed by atoms with Crippen LogP contribution in [0.3, 0.4) is 0 Å². The van der Waals surface area contributed by atoms with Crippen molar-refractivity contribution in [1.29, 1.82) is 0 Å². The summed E-state index contributed by atoms with van der Waals surface area (Å²) in [4.78, 5) is 21.3. The smallest absolute Gasteiger partial charge is 0.224 e. The number of rotatable bonds is 14. The predicted molar refractivity (Wildman–Crippen MR) is 85.5 cm³/mol. The molecule has 4 heteroatoms. The van der Waals surface area contributed by atoms with E-state index in [1.165, 1.54) is 0 Å². The van der Waals surface area contributed by atoms with E-state index >= 15 is 0 Å². The van der Waals surface area contributed by atoms with Crippen molar-refractivity contribution in [1.82, 2.24) is 0 Å². The van der Waals surface area contributed by atoms with Gasteiger partial charge in [-0.15, -0.1) is 0 Å². The van der Waals surface area contributed by atoms with Crippen LogP contribution >= 0.6 is 0 Å². The average Bonchev–Trinajstić information content (AvgIpc) is 2.37. The zero-order valence-corrected chi connectivity index (χ0v) is 14.9. The van der Waals surface area contributed by atoms with Gasteiger partial charge in [0.15, 0.2) is 0 Å². The van der Waals surface area contributed by atoms with Gasteiger partial charge in [-0.25, -0.2) is 19.6 Å². The highest BCUT2D eigenvalue weighted by Gasteiger charge is 2.27. The molecule has 0 amide bonds. The van der Waals surface area contributed by atoms with Gasteiger partial charge in [-0.05, 0) is 30.6 Å². The summed E-state index contributed by atoms with van der Waals surface area (Å²) >= 11 is 0. The van der Waals surface area contributed by atoms with Crippen molar-refractivity contribution in [3.63, 3.8) is 0 Å². The molecule has 128 valence electrons. The zero-order valence-electron chi connectivity index (χ0n) is 14.9. The number of hydrogen-bond donors (Lipinski definition) is 0. The maximum atomic E-state index is 5.39. The van der Waals surface area contributed by atoms with Crippen LogP contribution in [-0.4, -0.2) is 19.5 Å². The second-order valence-corrected chi connectivity index (χ2v) is 6.94. The second kappa shape index (κ2) is 12.4. The van der Waals surface area contributed by atoms with Crippen LogP contribution in [0.1, 0.15) is 80.1 Å². The fraction of sp³-hybridized carbons (Fsp3) is 1.00. The Balaban J connectivity index is 4.20. The van der Waals surface area contributed by atoms with E-state index in [1.54, 1.807) is 0 Å². The van der Waals surface area contributed by atoms with E-state index in [0.29, 0.717) is 19.1 Å².